The fraction of sp³-hybridized carbons (Fsp3) is 0.278. The van der Waals surface area contributed by atoms with Gasteiger partial charge >= 0.3 is 6.18 Å². The molecule has 150 valence electrons. The minimum Gasteiger partial charge on any atom is -0.497 e. The van der Waals surface area contributed by atoms with Crippen LogP contribution in [-0.4, -0.2) is 31.2 Å². The van der Waals surface area contributed by atoms with Crippen molar-refractivity contribution in [3.05, 3.63) is 58.5 Å². The molecule has 0 aliphatic carbocycles. The number of nitrogens with one attached hydrogen (secondary N) is 2. The van der Waals surface area contributed by atoms with Gasteiger partial charge in [-0.3, -0.25) is 5.41 Å². The van der Waals surface area contributed by atoms with E-state index in [0.717, 1.165) is 5.69 Å². The molecule has 2 heterocycles. The lowest BCUT2D eigenvalue weighted by atomic mass is 10.1. The second kappa shape index (κ2) is 7.80. The lowest BCUT2D eigenvalue weighted by Crippen LogP contribution is -2.37. The summed E-state index contributed by atoms with van der Waals surface area (Å²) in [5.41, 5.74) is 7.53. The van der Waals surface area contributed by atoms with Crippen LogP contribution < -0.4 is 20.7 Å². The molecule has 0 spiro atoms. The summed E-state index contributed by atoms with van der Waals surface area (Å²) < 4.78 is 47.0. The summed E-state index contributed by atoms with van der Waals surface area (Å²) in [6.07, 6.45) is -1.40. The summed E-state index contributed by atoms with van der Waals surface area (Å²) in [4.78, 5) is 2.25. The number of halogens is 3. The average Bonchev–Trinajstić information content (AvgIpc) is 2.94. The van der Waals surface area contributed by atoms with Gasteiger partial charge < -0.3 is 25.4 Å². The molecule has 2 aliphatic heterocycles. The summed E-state index contributed by atoms with van der Waals surface area (Å²) in [6.45, 7) is 0.284. The van der Waals surface area contributed by atoms with E-state index in [-0.39, 0.29) is 11.6 Å². The van der Waals surface area contributed by atoms with Crippen molar-refractivity contribution in [1.29, 1.82) is 5.41 Å². The Kier molecular flexibility index (Phi) is 5.61. The van der Waals surface area contributed by atoms with Crippen LogP contribution in [0.1, 0.15) is 6.92 Å². The Labute approximate surface area is 164 Å². The van der Waals surface area contributed by atoms with E-state index in [1.807, 2.05) is 0 Å². The number of nitrogens with zero attached hydrogens (tertiary/aromatic N) is 1. The smallest absolute Gasteiger partial charge is 0.422 e. The maximum absolute atomic E-state index is 12.3. The molecule has 2 aliphatic rings. The molecule has 1 aromatic carbocycles. The fourth-order valence-electron chi connectivity index (χ4n) is 2.71. The van der Waals surface area contributed by atoms with Crippen LogP contribution in [-0.2, 0) is 4.74 Å². The van der Waals surface area contributed by atoms with Crippen LogP contribution >= 0.6 is 11.8 Å². The van der Waals surface area contributed by atoms with E-state index in [4.69, 9.17) is 20.6 Å². The number of nitrogens with two attached hydrogens (primary N) is 1. The van der Waals surface area contributed by atoms with Crippen molar-refractivity contribution < 1.29 is 22.6 Å². The number of ether oxygens (including phenoxy) is 2. The molecule has 1 fully saturated rings. The SMILES string of the molecule is COc1ccc(N2C(=N)C(=C3C=C(C)C(OCC(F)(F)F)=CN3)SC2N)cc1. The second-order valence-corrected chi connectivity index (χ2v) is 7.18. The molecule has 0 amide bonds. The van der Waals surface area contributed by atoms with Gasteiger partial charge in [-0.25, -0.2) is 0 Å². The zero-order valence-corrected chi connectivity index (χ0v) is 15.9. The third-order valence-electron chi connectivity index (χ3n) is 4.04. The van der Waals surface area contributed by atoms with Crippen molar-refractivity contribution in [2.45, 2.75) is 18.6 Å². The van der Waals surface area contributed by atoms with Crippen molar-refractivity contribution in [2.24, 2.45) is 5.73 Å². The van der Waals surface area contributed by atoms with Crippen LogP contribution in [0.5, 0.6) is 5.75 Å². The third-order valence-corrected chi connectivity index (χ3v) is 5.15. The molecule has 1 saturated heterocycles. The maximum atomic E-state index is 12.3. The van der Waals surface area contributed by atoms with E-state index in [0.29, 0.717) is 21.9 Å². The number of rotatable bonds is 4. The molecular weight excluding hydrogens is 393 g/mol. The minimum absolute atomic E-state index is 0.104. The summed E-state index contributed by atoms with van der Waals surface area (Å²) in [5, 5.41) is 11.4. The maximum Gasteiger partial charge on any atom is 0.422 e. The molecule has 1 aromatic rings. The molecule has 4 N–H and O–H groups in total. The van der Waals surface area contributed by atoms with Crippen molar-refractivity contribution in [3.63, 3.8) is 0 Å². The predicted octanol–water partition coefficient (Wildman–Crippen LogP) is 3.65. The third kappa shape index (κ3) is 4.28. The number of benzene rings is 1. The van der Waals surface area contributed by atoms with Crippen LogP contribution in [0.25, 0.3) is 0 Å². The quantitative estimate of drug-likeness (QED) is 0.700. The van der Waals surface area contributed by atoms with Crippen molar-refractivity contribution >= 4 is 23.3 Å². The number of anilines is 1. The van der Waals surface area contributed by atoms with Gasteiger partial charge in [-0.2, -0.15) is 13.2 Å². The first-order chi connectivity index (χ1) is 13.2. The lowest BCUT2D eigenvalue weighted by molar-refractivity contribution is -0.164. The Hall–Kier alpha value is -2.59. The van der Waals surface area contributed by atoms with Gasteiger partial charge in [0, 0.05) is 11.9 Å². The van der Waals surface area contributed by atoms with Gasteiger partial charge in [0.2, 0.25) is 0 Å². The van der Waals surface area contributed by atoms with Crippen LogP contribution in [0.4, 0.5) is 18.9 Å². The van der Waals surface area contributed by atoms with E-state index >= 15 is 0 Å². The Bertz CT molecular complexity index is 863. The van der Waals surface area contributed by atoms with Gasteiger partial charge in [0.1, 0.15) is 22.8 Å². The van der Waals surface area contributed by atoms with E-state index in [2.05, 4.69) is 5.32 Å². The monoisotopic (exact) mass is 412 g/mol. The molecule has 1 atom stereocenters. The number of methoxy groups -OCH3 is 1. The molecule has 6 nitrogen and oxygen atoms in total. The van der Waals surface area contributed by atoms with Crippen LogP contribution in [0.15, 0.2) is 58.5 Å². The molecular formula is C18H19F3N4O2S. The number of alkyl halides is 3. The Balaban J connectivity index is 1.79. The fourth-order valence-corrected chi connectivity index (χ4v) is 3.74. The number of thioether (sulfide) groups is 1. The lowest BCUT2D eigenvalue weighted by Gasteiger charge is -2.22. The number of hydrogen-bond donors (Lipinski definition) is 3. The Morgan fingerprint density at radius 3 is 2.54 bits per heavy atom. The summed E-state index contributed by atoms with van der Waals surface area (Å²) in [7, 11) is 1.57. The highest BCUT2D eigenvalue weighted by atomic mass is 32.2. The Morgan fingerprint density at radius 2 is 1.96 bits per heavy atom. The van der Waals surface area contributed by atoms with Crippen LogP contribution in [0.2, 0.25) is 0 Å². The summed E-state index contributed by atoms with van der Waals surface area (Å²) >= 11 is 1.28. The standard InChI is InChI=1S/C18H19F3N4O2S/c1-10-7-13(24-8-14(10)27-9-18(19,20)21)15-16(22)25(17(23)28-15)11-3-5-12(26-2)6-4-11/h3-8,17,22,24H,9,23H2,1-2H3. The zero-order valence-electron chi connectivity index (χ0n) is 15.1. The average molecular weight is 412 g/mol. The predicted molar refractivity (Wildman–Crippen MR) is 103 cm³/mol. The normalized spacial score (nSPS) is 22.6. The molecule has 3 rings (SSSR count). The van der Waals surface area contributed by atoms with Crippen LogP contribution in [0, 0.1) is 5.41 Å². The highest BCUT2D eigenvalue weighted by molar-refractivity contribution is 8.05. The van der Waals surface area contributed by atoms with Gasteiger partial charge in [-0.05, 0) is 42.8 Å². The molecule has 1 unspecified atom stereocenters. The number of amidine groups is 1. The van der Waals surface area contributed by atoms with Crippen molar-refractivity contribution in [2.75, 3.05) is 18.6 Å². The van der Waals surface area contributed by atoms with Gasteiger partial charge in [-0.1, -0.05) is 11.8 Å². The molecule has 0 bridgehead atoms. The van der Waals surface area contributed by atoms with Gasteiger partial charge in [-0.15, -0.1) is 0 Å². The van der Waals surface area contributed by atoms with E-state index < -0.39 is 18.3 Å². The Morgan fingerprint density at radius 1 is 1.29 bits per heavy atom. The van der Waals surface area contributed by atoms with E-state index in [1.54, 1.807) is 49.3 Å². The zero-order chi connectivity index (χ0) is 20.5. The highest BCUT2D eigenvalue weighted by Gasteiger charge is 2.35. The number of hydrogen-bond acceptors (Lipinski definition) is 6. The highest BCUT2D eigenvalue weighted by Crippen LogP contribution is 2.39. The van der Waals surface area contributed by atoms with Gasteiger partial charge in [0.25, 0.3) is 0 Å². The topological polar surface area (TPSA) is 83.6 Å². The first-order valence-electron chi connectivity index (χ1n) is 8.23. The van der Waals surface area contributed by atoms with Crippen molar-refractivity contribution in [1.82, 2.24) is 5.32 Å². The second-order valence-electron chi connectivity index (χ2n) is 6.05. The summed E-state index contributed by atoms with van der Waals surface area (Å²) in [5.74, 6) is 0.994. The molecule has 0 saturated carbocycles. The minimum atomic E-state index is -4.41. The number of allylic oxidation sites excluding steroid dienone is 2. The van der Waals surface area contributed by atoms with E-state index in [9.17, 15) is 13.2 Å². The first-order valence-corrected chi connectivity index (χ1v) is 9.11. The van der Waals surface area contributed by atoms with E-state index in [1.165, 1.54) is 18.0 Å². The molecule has 28 heavy (non-hydrogen) atoms. The molecule has 0 aromatic heterocycles. The van der Waals surface area contributed by atoms with Gasteiger partial charge in [0.05, 0.1) is 17.7 Å². The molecule has 10 heteroatoms. The van der Waals surface area contributed by atoms with Gasteiger partial charge in [0.15, 0.2) is 6.61 Å². The number of dihydropyridines is 1. The molecule has 0 radical (unpaired) electrons. The van der Waals surface area contributed by atoms with Crippen molar-refractivity contribution in [3.8, 4) is 5.75 Å². The van der Waals surface area contributed by atoms with Crippen LogP contribution in [0.3, 0.4) is 0 Å². The largest absolute Gasteiger partial charge is 0.497 e. The first kappa shape index (κ1) is 20.2. The summed E-state index contributed by atoms with van der Waals surface area (Å²) in [6, 6.07) is 7.17.